The van der Waals surface area contributed by atoms with Gasteiger partial charge >= 0.3 is 0 Å². The molecule has 1 heterocycles. The monoisotopic (exact) mass is 468 g/mol. The van der Waals surface area contributed by atoms with Gasteiger partial charge in [-0.15, -0.1) is 0 Å². The van der Waals surface area contributed by atoms with Gasteiger partial charge in [0, 0.05) is 11.5 Å². The molecule has 0 unspecified atom stereocenters. The number of benzene rings is 3. The van der Waals surface area contributed by atoms with Crippen LogP contribution in [0.2, 0.25) is 0 Å². The summed E-state index contributed by atoms with van der Waals surface area (Å²) in [5.41, 5.74) is 0.894. The van der Waals surface area contributed by atoms with Gasteiger partial charge < -0.3 is 9.53 Å². The molecule has 1 saturated heterocycles. The van der Waals surface area contributed by atoms with E-state index in [1.54, 1.807) is 0 Å². The van der Waals surface area contributed by atoms with Crippen LogP contribution in [0.4, 0.5) is 11.4 Å². The van der Waals surface area contributed by atoms with Crippen molar-refractivity contribution >= 4 is 29.5 Å². The summed E-state index contributed by atoms with van der Waals surface area (Å²) < 4.78 is 5.35. The Kier molecular flexibility index (Phi) is 4.15. The highest BCUT2D eigenvalue weighted by Crippen LogP contribution is 2.66. The molecule has 3 aromatic rings. The highest BCUT2D eigenvalue weighted by atomic mass is 16.6. The van der Waals surface area contributed by atoms with E-state index in [4.69, 9.17) is 4.74 Å². The molecule has 0 spiro atoms. The maximum Gasteiger partial charge on any atom is 0.273 e. The van der Waals surface area contributed by atoms with E-state index >= 15 is 0 Å². The maximum atomic E-state index is 14.1. The Bertz CT molecular complexity index is 1430. The SMILES string of the molecule is COc1cc([N+](=O)[O-])ccc1N1C(=O)[C@@H]2[C@H](C1=O)C1(C)c3ccccc3C2(C=O)c2ccccc21. The Labute approximate surface area is 200 Å². The summed E-state index contributed by atoms with van der Waals surface area (Å²) in [7, 11) is 1.32. The number of anilines is 1. The minimum absolute atomic E-state index is 0.0345. The number of aldehydes is 1. The molecule has 2 atom stereocenters. The fraction of sp³-hybridized carbons (Fsp3) is 0.222. The number of non-ortho nitro benzene ring substituents is 1. The molecular formula is C27H20N2O6. The molecule has 2 amide bonds. The van der Waals surface area contributed by atoms with E-state index in [-0.39, 0.29) is 17.1 Å². The largest absolute Gasteiger partial charge is 0.494 e. The third kappa shape index (κ3) is 2.29. The number of nitro groups is 1. The van der Waals surface area contributed by atoms with E-state index in [9.17, 15) is 24.5 Å². The van der Waals surface area contributed by atoms with E-state index in [1.165, 1.54) is 25.3 Å². The number of carbonyl (C=O) groups is 3. The summed E-state index contributed by atoms with van der Waals surface area (Å²) >= 11 is 0. The molecule has 4 aliphatic rings. The molecule has 1 fully saturated rings. The molecule has 7 rings (SSSR count). The second kappa shape index (κ2) is 6.85. The number of hydrogen-bond acceptors (Lipinski definition) is 6. The molecule has 8 nitrogen and oxygen atoms in total. The van der Waals surface area contributed by atoms with Gasteiger partial charge in [-0.05, 0) is 28.3 Å². The lowest BCUT2D eigenvalue weighted by Crippen LogP contribution is -2.61. The maximum absolute atomic E-state index is 14.1. The third-order valence-corrected chi connectivity index (χ3v) is 8.08. The van der Waals surface area contributed by atoms with Crippen molar-refractivity contribution in [2.24, 2.45) is 11.8 Å². The van der Waals surface area contributed by atoms with Crippen molar-refractivity contribution in [2.75, 3.05) is 12.0 Å². The lowest BCUT2D eigenvalue weighted by atomic mass is 9.42. The predicted molar refractivity (Wildman–Crippen MR) is 125 cm³/mol. The molecule has 1 aliphatic heterocycles. The summed E-state index contributed by atoms with van der Waals surface area (Å²) in [6.45, 7) is 1.96. The zero-order valence-electron chi connectivity index (χ0n) is 18.9. The van der Waals surface area contributed by atoms with E-state index < -0.39 is 39.4 Å². The standard InChI is InChI=1S/C27H20N2O6/c1-26-16-7-3-5-9-18(16)27(14-30,19-10-6-4-8-17(19)26)23-22(26)24(31)28(25(23)32)20-12-11-15(29(33)34)13-21(20)35-2/h3-14,22-23H,1-2H3/t22-,23+,26?,27?/m1/s1. The van der Waals surface area contributed by atoms with E-state index in [2.05, 4.69) is 0 Å². The Hall–Kier alpha value is -4.33. The first-order valence-corrected chi connectivity index (χ1v) is 11.2. The van der Waals surface area contributed by atoms with Crippen LogP contribution in [0.3, 0.4) is 0 Å². The molecule has 0 N–H and O–H groups in total. The highest BCUT2D eigenvalue weighted by molar-refractivity contribution is 6.25. The molecule has 3 aliphatic carbocycles. The number of hydrogen-bond donors (Lipinski definition) is 0. The average Bonchev–Trinajstić information content (AvgIpc) is 3.15. The van der Waals surface area contributed by atoms with Gasteiger partial charge in [0.25, 0.3) is 5.69 Å². The minimum atomic E-state index is -1.33. The normalized spacial score (nSPS) is 27.8. The van der Waals surface area contributed by atoms with Crippen molar-refractivity contribution in [3.63, 3.8) is 0 Å². The fourth-order valence-electron chi connectivity index (χ4n) is 6.67. The Morgan fingerprint density at radius 2 is 1.46 bits per heavy atom. The number of imide groups is 1. The van der Waals surface area contributed by atoms with Crippen molar-refractivity contribution in [1.82, 2.24) is 0 Å². The summed E-state index contributed by atoms with van der Waals surface area (Å²) in [6.07, 6.45) is 0.808. The number of methoxy groups -OCH3 is 1. The molecule has 0 saturated carbocycles. The van der Waals surface area contributed by atoms with Crippen LogP contribution in [0.5, 0.6) is 5.75 Å². The Morgan fingerprint density at radius 3 is 1.97 bits per heavy atom. The predicted octanol–water partition coefficient (Wildman–Crippen LogP) is 3.53. The zero-order chi connectivity index (χ0) is 24.7. The molecule has 174 valence electrons. The van der Waals surface area contributed by atoms with E-state index in [0.29, 0.717) is 0 Å². The number of carbonyl (C=O) groups excluding carboxylic acids is 3. The van der Waals surface area contributed by atoms with Gasteiger partial charge in [-0.25, -0.2) is 4.90 Å². The van der Waals surface area contributed by atoms with Crippen LogP contribution in [-0.4, -0.2) is 30.1 Å². The van der Waals surface area contributed by atoms with Gasteiger partial charge in [0.1, 0.15) is 12.0 Å². The van der Waals surface area contributed by atoms with Gasteiger partial charge in [0.2, 0.25) is 11.8 Å². The van der Waals surface area contributed by atoms with Crippen LogP contribution in [0, 0.1) is 22.0 Å². The molecule has 0 radical (unpaired) electrons. The third-order valence-electron chi connectivity index (χ3n) is 8.08. The second-order valence-corrected chi connectivity index (χ2v) is 9.36. The first-order valence-electron chi connectivity index (χ1n) is 11.2. The topological polar surface area (TPSA) is 107 Å². The summed E-state index contributed by atoms with van der Waals surface area (Å²) in [6, 6.07) is 18.8. The van der Waals surface area contributed by atoms with Gasteiger partial charge in [-0.2, -0.15) is 0 Å². The minimum Gasteiger partial charge on any atom is -0.494 e. The quantitative estimate of drug-likeness (QED) is 0.251. The van der Waals surface area contributed by atoms with Crippen molar-refractivity contribution in [1.29, 1.82) is 0 Å². The van der Waals surface area contributed by atoms with E-state index in [0.717, 1.165) is 33.4 Å². The van der Waals surface area contributed by atoms with Crippen LogP contribution in [0.25, 0.3) is 0 Å². The van der Waals surface area contributed by atoms with Crippen LogP contribution >= 0.6 is 0 Å². The van der Waals surface area contributed by atoms with Crippen LogP contribution in [0.1, 0.15) is 29.2 Å². The lowest BCUT2D eigenvalue weighted by Gasteiger charge is -2.56. The van der Waals surface area contributed by atoms with Crippen molar-refractivity contribution in [3.05, 3.63) is 99.1 Å². The van der Waals surface area contributed by atoms with Crippen molar-refractivity contribution in [3.8, 4) is 5.75 Å². The molecule has 35 heavy (non-hydrogen) atoms. The number of nitrogens with zero attached hydrogens (tertiary/aromatic N) is 2. The van der Waals surface area contributed by atoms with Crippen molar-refractivity contribution < 1.29 is 24.0 Å². The molecule has 3 aromatic carbocycles. The molecule has 8 heteroatoms. The summed E-state index contributed by atoms with van der Waals surface area (Å²) in [5, 5.41) is 11.3. The van der Waals surface area contributed by atoms with Crippen LogP contribution in [-0.2, 0) is 25.2 Å². The molecular weight excluding hydrogens is 448 g/mol. The number of nitro benzene ring substituents is 1. The Balaban J connectivity index is 1.64. The second-order valence-electron chi connectivity index (χ2n) is 9.36. The molecule has 2 bridgehead atoms. The summed E-state index contributed by atoms with van der Waals surface area (Å²) in [5.74, 6) is -2.72. The van der Waals surface area contributed by atoms with E-state index in [1.807, 2.05) is 55.5 Å². The van der Waals surface area contributed by atoms with Gasteiger partial charge in [-0.1, -0.05) is 55.5 Å². The fourth-order valence-corrected chi connectivity index (χ4v) is 6.67. The summed E-state index contributed by atoms with van der Waals surface area (Å²) in [4.78, 5) is 53.0. The van der Waals surface area contributed by atoms with Gasteiger partial charge in [0.05, 0.1) is 41.0 Å². The zero-order valence-corrected chi connectivity index (χ0v) is 18.9. The van der Waals surface area contributed by atoms with Gasteiger partial charge in [0.15, 0.2) is 0 Å². The number of ether oxygens (including phenoxy) is 1. The first-order chi connectivity index (χ1) is 16.8. The number of amides is 2. The van der Waals surface area contributed by atoms with Crippen LogP contribution in [0.15, 0.2) is 66.7 Å². The lowest BCUT2D eigenvalue weighted by molar-refractivity contribution is -0.384. The smallest absolute Gasteiger partial charge is 0.273 e. The average molecular weight is 468 g/mol. The molecule has 0 aromatic heterocycles. The number of rotatable bonds is 4. The highest BCUT2D eigenvalue weighted by Gasteiger charge is 2.72. The first kappa shape index (κ1) is 21.2. The van der Waals surface area contributed by atoms with Crippen molar-refractivity contribution in [2.45, 2.75) is 17.8 Å². The Morgan fingerprint density at radius 1 is 0.914 bits per heavy atom. The van der Waals surface area contributed by atoms with Gasteiger partial charge in [-0.3, -0.25) is 19.7 Å². The van der Waals surface area contributed by atoms with Crippen LogP contribution < -0.4 is 9.64 Å².